The van der Waals surface area contributed by atoms with Crippen LogP contribution in [0.15, 0.2) is 91.0 Å². The lowest BCUT2D eigenvalue weighted by molar-refractivity contribution is 0.0366. The van der Waals surface area contributed by atoms with Crippen LogP contribution < -0.4 is 11.1 Å². The average Bonchev–Trinajstić information content (AvgIpc) is 2.79. The molecule has 0 aliphatic carbocycles. The van der Waals surface area contributed by atoms with Crippen molar-refractivity contribution in [2.24, 2.45) is 5.73 Å². The van der Waals surface area contributed by atoms with E-state index in [0.29, 0.717) is 6.54 Å². The maximum absolute atomic E-state index is 12.6. The van der Waals surface area contributed by atoms with Crippen LogP contribution in [0.3, 0.4) is 0 Å². The van der Waals surface area contributed by atoms with E-state index < -0.39 is 17.2 Å². The van der Waals surface area contributed by atoms with Gasteiger partial charge < -0.3 is 10.5 Å². The van der Waals surface area contributed by atoms with Gasteiger partial charge in [0, 0.05) is 13.1 Å². The molecule has 3 rings (SSSR count). The highest BCUT2D eigenvalue weighted by molar-refractivity contribution is 5.91. The molecule has 0 aliphatic heterocycles. The first-order valence-corrected chi connectivity index (χ1v) is 11.0. The molecular formula is C27H32N4O2. The first-order chi connectivity index (χ1) is 15.7. The number of benzene rings is 3. The maximum atomic E-state index is 12.6. The Morgan fingerprint density at radius 3 is 1.58 bits per heavy atom. The number of nitrogens with one attached hydrogen (secondary N) is 2. The van der Waals surface area contributed by atoms with E-state index in [9.17, 15) is 4.79 Å². The minimum absolute atomic E-state index is 0.179. The number of rotatable bonds is 7. The Morgan fingerprint density at radius 2 is 1.24 bits per heavy atom. The van der Waals surface area contributed by atoms with Crippen LogP contribution in [0.2, 0.25) is 0 Å². The second kappa shape index (κ2) is 10.3. The Balaban J connectivity index is 1.99. The van der Waals surface area contributed by atoms with Gasteiger partial charge >= 0.3 is 6.09 Å². The number of carbonyl (C=O) groups excluding carboxylic acids is 1. The summed E-state index contributed by atoms with van der Waals surface area (Å²) < 4.78 is 5.44. The Kier molecular flexibility index (Phi) is 7.51. The Labute approximate surface area is 195 Å². The SMILES string of the molecule is CC(C)(C)OC(=O)N(CCNC(c1ccccc1)(c1ccccc1)c1ccccc1)C(=N)N. The zero-order valence-electron chi connectivity index (χ0n) is 19.4. The highest BCUT2D eigenvalue weighted by Gasteiger charge is 2.36. The van der Waals surface area contributed by atoms with E-state index >= 15 is 0 Å². The largest absolute Gasteiger partial charge is 0.443 e. The molecule has 0 saturated carbocycles. The summed E-state index contributed by atoms with van der Waals surface area (Å²) in [5.41, 5.74) is 7.57. The minimum atomic E-state index is -0.680. The van der Waals surface area contributed by atoms with E-state index in [1.54, 1.807) is 20.8 Å². The molecule has 0 unspecified atom stereocenters. The number of nitrogens with two attached hydrogens (primary N) is 1. The predicted molar refractivity (Wildman–Crippen MR) is 132 cm³/mol. The van der Waals surface area contributed by atoms with Crippen LogP contribution in [0.25, 0.3) is 0 Å². The third-order valence-electron chi connectivity index (χ3n) is 5.25. The smallest absolute Gasteiger partial charge is 0.417 e. The maximum Gasteiger partial charge on any atom is 0.417 e. The van der Waals surface area contributed by atoms with Gasteiger partial charge in [0.05, 0.1) is 5.54 Å². The van der Waals surface area contributed by atoms with Crippen molar-refractivity contribution in [2.75, 3.05) is 13.1 Å². The van der Waals surface area contributed by atoms with Crippen LogP contribution in [0.5, 0.6) is 0 Å². The molecule has 33 heavy (non-hydrogen) atoms. The van der Waals surface area contributed by atoms with E-state index in [1.807, 2.05) is 54.6 Å². The summed E-state index contributed by atoms with van der Waals surface area (Å²) >= 11 is 0. The van der Waals surface area contributed by atoms with Gasteiger partial charge in [-0.2, -0.15) is 0 Å². The van der Waals surface area contributed by atoms with Gasteiger partial charge in [-0.1, -0.05) is 91.0 Å². The molecule has 0 radical (unpaired) electrons. The number of hydrogen-bond acceptors (Lipinski definition) is 4. The molecule has 0 fully saturated rings. The second-order valence-electron chi connectivity index (χ2n) is 8.79. The highest BCUT2D eigenvalue weighted by Crippen LogP contribution is 2.36. The lowest BCUT2D eigenvalue weighted by Gasteiger charge is -2.38. The molecule has 4 N–H and O–H groups in total. The van der Waals surface area contributed by atoms with E-state index in [-0.39, 0.29) is 12.5 Å². The molecule has 3 aromatic rings. The zero-order chi connectivity index (χ0) is 23.9. The van der Waals surface area contributed by atoms with Crippen molar-refractivity contribution < 1.29 is 9.53 Å². The fourth-order valence-corrected chi connectivity index (χ4v) is 3.85. The molecular weight excluding hydrogens is 412 g/mol. The van der Waals surface area contributed by atoms with Crippen LogP contribution in [0.4, 0.5) is 4.79 Å². The lowest BCUT2D eigenvalue weighted by atomic mass is 9.77. The fraction of sp³-hybridized carbons (Fsp3) is 0.259. The summed E-state index contributed by atoms with van der Waals surface area (Å²) in [6, 6.07) is 30.6. The predicted octanol–water partition coefficient (Wildman–Crippen LogP) is 4.70. The third-order valence-corrected chi connectivity index (χ3v) is 5.25. The number of carbonyl (C=O) groups is 1. The Bertz CT molecular complexity index is 951. The molecule has 0 bridgehead atoms. The molecule has 0 saturated heterocycles. The van der Waals surface area contributed by atoms with Gasteiger partial charge in [-0.05, 0) is 37.5 Å². The van der Waals surface area contributed by atoms with E-state index in [1.165, 1.54) is 0 Å². The molecule has 172 valence electrons. The zero-order valence-corrected chi connectivity index (χ0v) is 19.4. The molecule has 6 nitrogen and oxygen atoms in total. The summed E-state index contributed by atoms with van der Waals surface area (Å²) in [4.78, 5) is 13.8. The second-order valence-corrected chi connectivity index (χ2v) is 8.79. The summed E-state index contributed by atoms with van der Waals surface area (Å²) in [5.74, 6) is -0.351. The van der Waals surface area contributed by atoms with Crippen molar-refractivity contribution >= 4 is 12.1 Å². The van der Waals surface area contributed by atoms with Crippen molar-refractivity contribution in [1.82, 2.24) is 10.2 Å². The van der Waals surface area contributed by atoms with E-state index in [4.69, 9.17) is 15.9 Å². The van der Waals surface area contributed by atoms with Gasteiger partial charge in [0.1, 0.15) is 5.60 Å². The number of nitrogens with zero attached hydrogens (tertiary/aromatic N) is 1. The molecule has 0 aliphatic rings. The van der Waals surface area contributed by atoms with E-state index in [0.717, 1.165) is 21.6 Å². The van der Waals surface area contributed by atoms with Gasteiger partial charge in [-0.15, -0.1) is 0 Å². The van der Waals surface area contributed by atoms with Crippen molar-refractivity contribution in [2.45, 2.75) is 31.9 Å². The van der Waals surface area contributed by atoms with Crippen LogP contribution in [-0.2, 0) is 10.3 Å². The Morgan fingerprint density at radius 1 is 0.848 bits per heavy atom. The molecule has 1 amide bonds. The first-order valence-electron chi connectivity index (χ1n) is 11.0. The molecule has 3 aromatic carbocycles. The fourth-order valence-electron chi connectivity index (χ4n) is 3.85. The van der Waals surface area contributed by atoms with Gasteiger partial charge in [-0.25, -0.2) is 9.69 Å². The first kappa shape index (κ1) is 24.0. The van der Waals surface area contributed by atoms with Gasteiger partial charge in [0.25, 0.3) is 0 Å². The van der Waals surface area contributed by atoms with E-state index in [2.05, 4.69) is 41.7 Å². The summed E-state index contributed by atoms with van der Waals surface area (Å²) in [6.45, 7) is 5.90. The van der Waals surface area contributed by atoms with Crippen molar-refractivity contribution in [3.63, 3.8) is 0 Å². The average molecular weight is 445 g/mol. The number of amides is 1. The lowest BCUT2D eigenvalue weighted by Crippen LogP contribution is -2.51. The molecule has 6 heteroatoms. The topological polar surface area (TPSA) is 91.4 Å². The van der Waals surface area contributed by atoms with Crippen LogP contribution >= 0.6 is 0 Å². The number of guanidine groups is 1. The van der Waals surface area contributed by atoms with Crippen LogP contribution in [0, 0.1) is 5.41 Å². The number of hydrogen-bond donors (Lipinski definition) is 3. The summed E-state index contributed by atoms with van der Waals surface area (Å²) in [7, 11) is 0. The monoisotopic (exact) mass is 444 g/mol. The third kappa shape index (κ3) is 5.79. The summed E-state index contributed by atoms with van der Waals surface area (Å²) in [6.07, 6.45) is -0.637. The van der Waals surface area contributed by atoms with Gasteiger partial charge in [0.15, 0.2) is 5.96 Å². The quantitative estimate of drug-likeness (QED) is 0.280. The normalized spacial score (nSPS) is 11.6. The van der Waals surface area contributed by atoms with Crippen molar-refractivity contribution in [3.8, 4) is 0 Å². The molecule has 0 spiro atoms. The number of ether oxygens (including phenoxy) is 1. The van der Waals surface area contributed by atoms with Gasteiger partial charge in [0.2, 0.25) is 0 Å². The highest BCUT2D eigenvalue weighted by atomic mass is 16.6. The van der Waals surface area contributed by atoms with Crippen LogP contribution in [0.1, 0.15) is 37.5 Å². The minimum Gasteiger partial charge on any atom is -0.443 e. The van der Waals surface area contributed by atoms with Crippen molar-refractivity contribution in [3.05, 3.63) is 108 Å². The van der Waals surface area contributed by atoms with Gasteiger partial charge in [-0.3, -0.25) is 10.7 Å². The van der Waals surface area contributed by atoms with Crippen LogP contribution in [-0.4, -0.2) is 35.6 Å². The standard InChI is InChI=1S/C27H32N4O2/c1-26(2,3)33-25(32)31(24(28)29)20-19-30-27(21-13-7-4-8-14-21,22-15-9-5-10-16-22)23-17-11-6-12-18-23/h4-18,30H,19-20H2,1-3H3,(H3,28,29). The molecule has 0 atom stereocenters. The molecule has 0 heterocycles. The summed E-state index contributed by atoms with van der Waals surface area (Å²) in [5, 5.41) is 11.6. The Hall–Kier alpha value is -3.64. The molecule has 0 aromatic heterocycles. The van der Waals surface area contributed by atoms with Crippen molar-refractivity contribution in [1.29, 1.82) is 5.41 Å².